The van der Waals surface area contributed by atoms with Crippen molar-refractivity contribution in [3.63, 3.8) is 0 Å². The monoisotopic (exact) mass is 418 g/mol. The van der Waals surface area contributed by atoms with Gasteiger partial charge in [0.15, 0.2) is 0 Å². The fourth-order valence-electron chi connectivity index (χ4n) is 2.09. The second-order valence-corrected chi connectivity index (χ2v) is 6.79. The van der Waals surface area contributed by atoms with Gasteiger partial charge in [0, 0.05) is 5.69 Å². The first-order valence-corrected chi connectivity index (χ1v) is 9.17. The number of anilines is 1. The van der Waals surface area contributed by atoms with Gasteiger partial charge in [0.2, 0.25) is 11.1 Å². The first-order valence-electron chi connectivity index (χ1n) is 7.39. The Morgan fingerprint density at radius 3 is 2.80 bits per heavy atom. The molecule has 0 unspecified atom stereocenters. The van der Waals surface area contributed by atoms with Gasteiger partial charge < -0.3 is 10.1 Å². The highest BCUT2D eigenvalue weighted by Crippen LogP contribution is 2.27. The van der Waals surface area contributed by atoms with E-state index in [0.717, 1.165) is 10.2 Å². The number of ether oxygens (including phenoxy) is 1. The maximum Gasteiger partial charge on any atom is 0.234 e. The largest absolute Gasteiger partial charge is 0.496 e. The van der Waals surface area contributed by atoms with E-state index in [9.17, 15) is 4.79 Å². The molecule has 3 aromatic rings. The van der Waals surface area contributed by atoms with Crippen molar-refractivity contribution in [1.29, 1.82) is 0 Å². The maximum absolute atomic E-state index is 12.1. The summed E-state index contributed by atoms with van der Waals surface area (Å²) < 4.78 is 7.63. The minimum Gasteiger partial charge on any atom is -0.496 e. The third-order valence-corrected chi connectivity index (χ3v) is 4.73. The molecule has 0 saturated carbocycles. The fraction of sp³-hybridized carbons (Fsp3) is 0.118. The molecule has 0 bridgehead atoms. The van der Waals surface area contributed by atoms with Crippen molar-refractivity contribution in [1.82, 2.24) is 14.8 Å². The molecule has 0 radical (unpaired) electrons. The van der Waals surface area contributed by atoms with Crippen molar-refractivity contribution in [2.45, 2.75) is 5.16 Å². The zero-order valence-corrected chi connectivity index (χ0v) is 15.8. The van der Waals surface area contributed by atoms with E-state index < -0.39 is 0 Å². The van der Waals surface area contributed by atoms with Crippen LogP contribution < -0.4 is 10.1 Å². The van der Waals surface area contributed by atoms with Gasteiger partial charge in [-0.25, -0.2) is 9.67 Å². The lowest BCUT2D eigenvalue weighted by Gasteiger charge is -2.07. The number of para-hydroxylation sites is 1. The normalized spacial score (nSPS) is 10.5. The lowest BCUT2D eigenvalue weighted by atomic mass is 10.3. The van der Waals surface area contributed by atoms with Gasteiger partial charge in [-0.05, 0) is 46.3 Å². The van der Waals surface area contributed by atoms with Crippen molar-refractivity contribution in [3.8, 4) is 11.4 Å². The van der Waals surface area contributed by atoms with E-state index in [0.29, 0.717) is 16.6 Å². The number of benzene rings is 2. The van der Waals surface area contributed by atoms with E-state index in [2.05, 4.69) is 31.3 Å². The Labute approximate surface area is 157 Å². The molecule has 0 fully saturated rings. The van der Waals surface area contributed by atoms with Gasteiger partial charge in [0.25, 0.3) is 0 Å². The number of aromatic nitrogens is 3. The van der Waals surface area contributed by atoms with Crippen LogP contribution in [-0.4, -0.2) is 33.5 Å². The molecular weight excluding hydrogens is 404 g/mol. The Bertz CT molecular complexity index is 870. The van der Waals surface area contributed by atoms with Crippen molar-refractivity contribution in [3.05, 3.63) is 59.3 Å². The Kier molecular flexibility index (Phi) is 5.72. The van der Waals surface area contributed by atoms with Gasteiger partial charge >= 0.3 is 0 Å². The zero-order chi connectivity index (χ0) is 17.6. The number of hydrogen-bond donors (Lipinski definition) is 1. The molecule has 8 heteroatoms. The Balaban J connectivity index is 1.56. The molecular formula is C17H15BrN4O2S. The Morgan fingerprint density at radius 2 is 2.08 bits per heavy atom. The summed E-state index contributed by atoms with van der Waals surface area (Å²) in [5.74, 6) is 0.809. The molecule has 0 aliphatic heterocycles. The number of nitrogens with zero attached hydrogens (tertiary/aromatic N) is 3. The summed E-state index contributed by atoms with van der Waals surface area (Å²) in [5, 5.41) is 7.75. The summed E-state index contributed by atoms with van der Waals surface area (Å²) in [6.07, 6.45) is 1.64. The number of carbonyl (C=O) groups excluding carboxylic acids is 1. The lowest BCUT2D eigenvalue weighted by Crippen LogP contribution is -2.14. The third kappa shape index (κ3) is 4.61. The predicted octanol–water partition coefficient (Wildman–Crippen LogP) is 3.77. The number of rotatable bonds is 6. The van der Waals surface area contributed by atoms with Crippen LogP contribution in [0.2, 0.25) is 0 Å². The van der Waals surface area contributed by atoms with Gasteiger partial charge in [-0.2, -0.15) is 0 Å². The van der Waals surface area contributed by atoms with Gasteiger partial charge in [-0.1, -0.05) is 30.0 Å². The highest BCUT2D eigenvalue weighted by Gasteiger charge is 2.09. The summed E-state index contributed by atoms with van der Waals surface area (Å²) >= 11 is 4.68. The molecule has 1 aromatic heterocycles. The van der Waals surface area contributed by atoms with Gasteiger partial charge in [-0.3, -0.25) is 4.79 Å². The average molecular weight is 419 g/mol. The van der Waals surface area contributed by atoms with Crippen molar-refractivity contribution in [2.24, 2.45) is 0 Å². The standard InChI is InChI=1S/C17H15BrN4O2S/c1-24-15-8-7-12(9-14(15)18)20-16(23)10-25-17-19-11-22(21-17)13-5-3-2-4-6-13/h2-9,11H,10H2,1H3,(H,20,23). The van der Waals surface area contributed by atoms with Crippen molar-refractivity contribution >= 4 is 39.3 Å². The smallest absolute Gasteiger partial charge is 0.234 e. The maximum atomic E-state index is 12.1. The number of amides is 1. The fourth-order valence-corrected chi connectivity index (χ4v) is 3.23. The van der Waals surface area contributed by atoms with Crippen LogP contribution in [0.15, 0.2) is 64.5 Å². The minimum atomic E-state index is -0.127. The number of carbonyl (C=O) groups is 1. The third-order valence-electron chi connectivity index (χ3n) is 3.26. The highest BCUT2D eigenvalue weighted by molar-refractivity contribution is 9.10. The quantitative estimate of drug-likeness (QED) is 0.616. The lowest BCUT2D eigenvalue weighted by molar-refractivity contribution is -0.113. The van der Waals surface area contributed by atoms with Crippen LogP contribution in [0.25, 0.3) is 5.69 Å². The predicted molar refractivity (Wildman–Crippen MR) is 101 cm³/mol. The molecule has 2 aromatic carbocycles. The van der Waals surface area contributed by atoms with Crippen molar-refractivity contribution < 1.29 is 9.53 Å². The summed E-state index contributed by atoms with van der Waals surface area (Å²) in [6, 6.07) is 15.1. The summed E-state index contributed by atoms with van der Waals surface area (Å²) in [7, 11) is 1.59. The molecule has 0 aliphatic carbocycles. The molecule has 1 N–H and O–H groups in total. The molecule has 3 rings (SSSR count). The number of methoxy groups -OCH3 is 1. The number of halogens is 1. The van der Waals surface area contributed by atoms with E-state index in [-0.39, 0.29) is 11.7 Å². The van der Waals surface area contributed by atoms with Gasteiger partial charge in [-0.15, -0.1) is 5.10 Å². The Morgan fingerprint density at radius 1 is 1.28 bits per heavy atom. The SMILES string of the molecule is COc1ccc(NC(=O)CSc2ncn(-c3ccccc3)n2)cc1Br. The van der Waals surface area contributed by atoms with Crippen LogP contribution in [0.1, 0.15) is 0 Å². The highest BCUT2D eigenvalue weighted by atomic mass is 79.9. The number of thioether (sulfide) groups is 1. The van der Waals surface area contributed by atoms with E-state index in [4.69, 9.17) is 4.74 Å². The molecule has 0 spiro atoms. The topological polar surface area (TPSA) is 69.0 Å². The molecule has 1 amide bonds. The summed E-state index contributed by atoms with van der Waals surface area (Å²) in [6.45, 7) is 0. The minimum absolute atomic E-state index is 0.127. The zero-order valence-electron chi connectivity index (χ0n) is 13.3. The van der Waals surface area contributed by atoms with E-state index >= 15 is 0 Å². The first-order chi connectivity index (χ1) is 12.2. The van der Waals surface area contributed by atoms with E-state index in [1.807, 2.05) is 30.3 Å². The molecule has 128 valence electrons. The van der Waals surface area contributed by atoms with Crippen LogP contribution in [0.3, 0.4) is 0 Å². The van der Waals surface area contributed by atoms with Crippen LogP contribution in [0, 0.1) is 0 Å². The van der Waals surface area contributed by atoms with Crippen LogP contribution >= 0.6 is 27.7 Å². The molecule has 0 atom stereocenters. The molecule has 1 heterocycles. The van der Waals surface area contributed by atoms with Gasteiger partial charge in [0.1, 0.15) is 12.1 Å². The molecule has 0 aliphatic rings. The molecule has 6 nitrogen and oxygen atoms in total. The molecule has 25 heavy (non-hydrogen) atoms. The second-order valence-electron chi connectivity index (χ2n) is 4.99. The Hall–Kier alpha value is -2.32. The summed E-state index contributed by atoms with van der Waals surface area (Å²) in [4.78, 5) is 16.3. The number of hydrogen-bond acceptors (Lipinski definition) is 5. The van der Waals surface area contributed by atoms with E-state index in [1.165, 1.54) is 11.8 Å². The average Bonchev–Trinajstić information content (AvgIpc) is 3.10. The summed E-state index contributed by atoms with van der Waals surface area (Å²) in [5.41, 5.74) is 1.62. The van der Waals surface area contributed by atoms with Crippen LogP contribution in [0.5, 0.6) is 5.75 Å². The molecule has 0 saturated heterocycles. The second kappa shape index (κ2) is 8.17. The number of nitrogens with one attached hydrogen (secondary N) is 1. The van der Waals surface area contributed by atoms with E-state index in [1.54, 1.807) is 36.3 Å². The van der Waals surface area contributed by atoms with Crippen LogP contribution in [0.4, 0.5) is 5.69 Å². The van der Waals surface area contributed by atoms with Gasteiger partial charge in [0.05, 0.1) is 23.0 Å². The van der Waals surface area contributed by atoms with Crippen molar-refractivity contribution in [2.75, 3.05) is 18.2 Å². The first kappa shape index (κ1) is 17.5. The van der Waals surface area contributed by atoms with Crippen LogP contribution in [-0.2, 0) is 4.79 Å².